The molecule has 216 valence electrons. The number of nitrogens with zero attached hydrogens (tertiary/aromatic N) is 4. The number of carbonyl (C=O) groups excluding carboxylic acids is 1. The van der Waals surface area contributed by atoms with Gasteiger partial charge in [-0.05, 0) is 43.4 Å². The largest absolute Gasteiger partial charge is 0.481 e. The minimum atomic E-state index is -3.08. The van der Waals surface area contributed by atoms with Crippen molar-refractivity contribution in [1.29, 1.82) is 0 Å². The number of piperidine rings is 1. The van der Waals surface area contributed by atoms with Gasteiger partial charge in [-0.15, -0.1) is 10.2 Å². The number of halogens is 1. The fourth-order valence-electron chi connectivity index (χ4n) is 5.08. The first kappa shape index (κ1) is 31.0. The number of carboxylic acids is 1. The van der Waals surface area contributed by atoms with Gasteiger partial charge in [-0.2, -0.15) is 0 Å². The van der Waals surface area contributed by atoms with E-state index in [-0.39, 0.29) is 24.0 Å². The average Bonchev–Trinajstić information content (AvgIpc) is 3.31. The van der Waals surface area contributed by atoms with Crippen molar-refractivity contribution in [2.75, 3.05) is 38.2 Å². The molecule has 0 unspecified atom stereocenters. The molecule has 1 aromatic carbocycles. The van der Waals surface area contributed by atoms with Crippen LogP contribution in [-0.2, 0) is 30.6 Å². The number of morpholine rings is 1. The van der Waals surface area contributed by atoms with E-state index in [4.69, 9.17) is 32.0 Å². The highest BCUT2D eigenvalue weighted by Crippen LogP contribution is 2.27. The molecular weight excluding hydrogens is 546 g/mol. The van der Waals surface area contributed by atoms with E-state index in [1.165, 1.54) is 11.8 Å². The zero-order valence-corrected chi connectivity index (χ0v) is 24.0. The van der Waals surface area contributed by atoms with Crippen LogP contribution in [-0.4, -0.2) is 103 Å². The van der Waals surface area contributed by atoms with Crippen molar-refractivity contribution in [3.8, 4) is 0 Å². The van der Waals surface area contributed by atoms with Gasteiger partial charge in [0.2, 0.25) is 0 Å². The minimum absolute atomic E-state index is 0.0188. The second-order valence-corrected chi connectivity index (χ2v) is 12.9. The summed E-state index contributed by atoms with van der Waals surface area (Å²) in [7, 11) is -3.08. The van der Waals surface area contributed by atoms with Crippen LogP contribution in [0, 0.1) is 0 Å². The summed E-state index contributed by atoms with van der Waals surface area (Å²) in [6.07, 6.45) is 4.53. The quantitative estimate of drug-likeness (QED) is 0.467. The Morgan fingerprint density at radius 3 is 2.38 bits per heavy atom. The summed E-state index contributed by atoms with van der Waals surface area (Å²) in [6, 6.07) is 8.33. The van der Waals surface area contributed by atoms with Crippen LogP contribution in [0.1, 0.15) is 44.6 Å². The molecular formula is C26H38ClN5O6S. The molecule has 3 aliphatic heterocycles. The molecule has 4 rings (SSSR count). The molecule has 3 N–H and O–H groups in total. The molecule has 0 bridgehead atoms. The zero-order chi connectivity index (χ0) is 28.6. The summed E-state index contributed by atoms with van der Waals surface area (Å²) < 4.78 is 28.9. The molecule has 1 aromatic rings. The number of nitrogens with two attached hydrogens (primary N) is 1. The van der Waals surface area contributed by atoms with Crippen LogP contribution in [0.5, 0.6) is 0 Å². The Labute approximate surface area is 234 Å². The zero-order valence-electron chi connectivity index (χ0n) is 22.5. The van der Waals surface area contributed by atoms with E-state index in [2.05, 4.69) is 20.0 Å². The minimum Gasteiger partial charge on any atom is -0.481 e. The summed E-state index contributed by atoms with van der Waals surface area (Å²) in [6.45, 7) is 3.80. The van der Waals surface area contributed by atoms with E-state index in [1.807, 2.05) is 24.3 Å². The lowest BCUT2D eigenvalue weighted by Crippen LogP contribution is -2.58. The van der Waals surface area contributed by atoms with Gasteiger partial charge in [0.25, 0.3) is 5.97 Å². The number of carbonyl (C=O) groups is 2. The Morgan fingerprint density at radius 1 is 1.18 bits per heavy atom. The molecule has 39 heavy (non-hydrogen) atoms. The normalized spacial score (nSPS) is 22.5. The second kappa shape index (κ2) is 14.2. The highest BCUT2D eigenvalue weighted by atomic mass is 35.5. The summed E-state index contributed by atoms with van der Waals surface area (Å²) in [4.78, 5) is 26.6. The molecule has 0 aliphatic carbocycles. The van der Waals surface area contributed by atoms with Crippen LogP contribution in [0.25, 0.3) is 0 Å². The Morgan fingerprint density at radius 2 is 1.82 bits per heavy atom. The monoisotopic (exact) mass is 583 g/mol. The number of amidine groups is 2. The van der Waals surface area contributed by atoms with Gasteiger partial charge >= 0.3 is 0 Å². The lowest BCUT2D eigenvalue weighted by molar-refractivity contribution is -0.143. The first-order valence-corrected chi connectivity index (χ1v) is 15.5. The third kappa shape index (κ3) is 10.2. The Bertz CT molecular complexity index is 1160. The van der Waals surface area contributed by atoms with Gasteiger partial charge in [0.15, 0.2) is 5.78 Å². The van der Waals surface area contributed by atoms with Crippen molar-refractivity contribution in [3.05, 3.63) is 34.9 Å². The summed E-state index contributed by atoms with van der Waals surface area (Å²) in [5.74, 6) is 0.648. The number of aliphatic carboxylic acids is 1. The number of rotatable bonds is 8. The maximum Gasteiger partial charge on any atom is 0.300 e. The van der Waals surface area contributed by atoms with Crippen molar-refractivity contribution in [3.63, 3.8) is 0 Å². The predicted molar refractivity (Wildman–Crippen MR) is 151 cm³/mol. The Balaban J connectivity index is 0.000000983. The number of likely N-dealkylation sites (tertiary alicyclic amines) is 1. The Kier molecular flexibility index (Phi) is 11.3. The average molecular weight is 584 g/mol. The molecule has 2 saturated heterocycles. The van der Waals surface area contributed by atoms with Crippen molar-refractivity contribution >= 4 is 44.9 Å². The standard InChI is InChI=1S/C24H34ClN5O4S.C2H4O2/c1-35(32,33)12-2-3-21(31)22-15-30(20(16-34-22)13-17-4-6-18(25)7-5-17)19-8-10-29(11-9-19)24-14-23(26)27-28-24;1-2(3)4/h4-7,19-20,22H,2-3,8-16H2,1H3,(H2,26,27);1H3,(H,3,4)/t20-,22+;/m0./s1. The number of hydrogen-bond donors (Lipinski definition) is 2. The number of ketones is 1. The number of ether oxygens (including phenoxy) is 1. The van der Waals surface area contributed by atoms with E-state index in [1.54, 1.807) is 0 Å². The van der Waals surface area contributed by atoms with E-state index >= 15 is 0 Å². The highest BCUT2D eigenvalue weighted by Gasteiger charge is 2.38. The molecule has 2 atom stereocenters. The number of sulfone groups is 1. The van der Waals surface area contributed by atoms with E-state index < -0.39 is 21.9 Å². The lowest BCUT2D eigenvalue weighted by atomic mass is 9.95. The van der Waals surface area contributed by atoms with Crippen molar-refractivity contribution in [2.24, 2.45) is 15.9 Å². The van der Waals surface area contributed by atoms with Crippen molar-refractivity contribution in [2.45, 2.75) is 63.6 Å². The van der Waals surface area contributed by atoms with Crippen LogP contribution in [0.15, 0.2) is 34.5 Å². The van der Waals surface area contributed by atoms with Crippen molar-refractivity contribution < 1.29 is 27.9 Å². The summed E-state index contributed by atoms with van der Waals surface area (Å²) in [5, 5.41) is 16.3. The third-order valence-corrected chi connectivity index (χ3v) is 8.23. The van der Waals surface area contributed by atoms with Gasteiger partial charge in [-0.3, -0.25) is 14.5 Å². The molecule has 2 fully saturated rings. The maximum absolute atomic E-state index is 12.9. The Hall–Kier alpha value is -2.54. The number of hydrogen-bond acceptors (Lipinski definition) is 10. The molecule has 0 spiro atoms. The smallest absolute Gasteiger partial charge is 0.300 e. The van der Waals surface area contributed by atoms with Crippen LogP contribution in [0.4, 0.5) is 0 Å². The van der Waals surface area contributed by atoms with Crippen LogP contribution in [0.2, 0.25) is 5.02 Å². The third-order valence-electron chi connectivity index (χ3n) is 6.95. The van der Waals surface area contributed by atoms with Gasteiger partial charge in [-0.1, -0.05) is 23.7 Å². The molecule has 0 radical (unpaired) electrons. The van der Waals surface area contributed by atoms with Gasteiger partial charge in [0, 0.05) is 56.3 Å². The predicted octanol–water partition coefficient (Wildman–Crippen LogP) is 1.98. The fraction of sp³-hybridized carbons (Fsp3) is 0.615. The fourth-order valence-corrected chi connectivity index (χ4v) is 5.88. The van der Waals surface area contributed by atoms with Gasteiger partial charge in [-0.25, -0.2) is 8.42 Å². The maximum atomic E-state index is 12.9. The molecule has 13 heteroatoms. The van der Waals surface area contributed by atoms with Crippen molar-refractivity contribution in [1.82, 2.24) is 9.80 Å². The molecule has 0 aromatic heterocycles. The van der Waals surface area contributed by atoms with E-state index in [0.717, 1.165) is 45.1 Å². The highest BCUT2D eigenvalue weighted by molar-refractivity contribution is 7.90. The molecule has 3 aliphatic rings. The molecule has 0 saturated carbocycles. The van der Waals surface area contributed by atoms with Gasteiger partial charge in [0.1, 0.15) is 27.6 Å². The SMILES string of the molecule is CC(=O)O.CS(=O)(=O)CCCC(=O)[C@H]1CN(C2CCN(C3=NN=C(N)C3)CC2)[C@@H](Cc2ccc(Cl)cc2)CO1. The number of carboxylic acid groups (broad SMARTS) is 1. The molecule has 11 nitrogen and oxygen atoms in total. The molecule has 0 amide bonds. The number of Topliss-reactive ketones (excluding diaryl/α,β-unsaturated/α-hetero) is 1. The van der Waals surface area contributed by atoms with E-state index in [0.29, 0.717) is 42.9 Å². The van der Waals surface area contributed by atoms with Crippen LogP contribution in [0.3, 0.4) is 0 Å². The van der Waals surface area contributed by atoms with E-state index in [9.17, 15) is 13.2 Å². The van der Waals surface area contributed by atoms with Gasteiger partial charge < -0.3 is 20.5 Å². The first-order valence-electron chi connectivity index (χ1n) is 13.1. The molecule has 3 heterocycles. The summed E-state index contributed by atoms with van der Waals surface area (Å²) >= 11 is 6.06. The topological polar surface area (TPSA) is 155 Å². The summed E-state index contributed by atoms with van der Waals surface area (Å²) in [5.41, 5.74) is 6.97. The lowest BCUT2D eigenvalue weighted by Gasteiger charge is -2.46. The second-order valence-electron chi connectivity index (χ2n) is 10.2. The van der Waals surface area contributed by atoms with Gasteiger partial charge in [0.05, 0.1) is 18.8 Å². The van der Waals surface area contributed by atoms with Crippen LogP contribution >= 0.6 is 11.6 Å². The first-order chi connectivity index (χ1) is 18.4. The number of benzene rings is 1. The van der Waals surface area contributed by atoms with Crippen LogP contribution < -0.4 is 5.73 Å².